The Morgan fingerprint density at radius 2 is 1.73 bits per heavy atom. The number of anilines is 1. The lowest BCUT2D eigenvalue weighted by atomic mass is 9.86. The van der Waals surface area contributed by atoms with E-state index in [0.717, 1.165) is 48.3 Å². The molecule has 4 aliphatic heterocycles. The van der Waals surface area contributed by atoms with E-state index in [4.69, 9.17) is 19.2 Å². The van der Waals surface area contributed by atoms with Crippen molar-refractivity contribution in [3.8, 4) is 22.9 Å². The molecule has 3 aromatic rings. The largest absolute Gasteiger partial charge is 0.486 e. The van der Waals surface area contributed by atoms with E-state index in [9.17, 15) is 14.7 Å². The van der Waals surface area contributed by atoms with Crippen molar-refractivity contribution >= 4 is 22.6 Å². The van der Waals surface area contributed by atoms with Crippen LogP contribution in [0.5, 0.6) is 11.5 Å². The first-order valence-corrected chi connectivity index (χ1v) is 12.8. The van der Waals surface area contributed by atoms with Gasteiger partial charge < -0.3 is 33.7 Å². The molecule has 1 aromatic carbocycles. The van der Waals surface area contributed by atoms with Crippen LogP contribution in [0.4, 0.5) is 5.69 Å². The Labute approximate surface area is 213 Å². The van der Waals surface area contributed by atoms with Crippen molar-refractivity contribution in [2.75, 3.05) is 51.3 Å². The van der Waals surface area contributed by atoms with Gasteiger partial charge in [-0.3, -0.25) is 4.79 Å². The molecule has 0 spiro atoms. The van der Waals surface area contributed by atoms with E-state index in [1.807, 2.05) is 12.1 Å². The number of esters is 1. The summed E-state index contributed by atoms with van der Waals surface area (Å²) in [6.45, 7) is 6.42. The molecule has 1 N–H and O–H groups in total. The summed E-state index contributed by atoms with van der Waals surface area (Å²) in [4.78, 5) is 35.9. The number of aliphatic hydroxyl groups is 1. The average molecular weight is 505 g/mol. The Kier molecular flexibility index (Phi) is 4.84. The Bertz CT molecular complexity index is 1540. The Morgan fingerprint density at radius 1 is 1.00 bits per heavy atom. The molecule has 37 heavy (non-hydrogen) atoms. The van der Waals surface area contributed by atoms with Crippen LogP contribution in [0.15, 0.2) is 23.0 Å². The van der Waals surface area contributed by atoms with Crippen molar-refractivity contribution in [1.82, 2.24) is 14.5 Å². The van der Waals surface area contributed by atoms with Crippen LogP contribution in [-0.4, -0.2) is 72.0 Å². The van der Waals surface area contributed by atoms with Gasteiger partial charge in [0.05, 0.1) is 34.7 Å². The van der Waals surface area contributed by atoms with Crippen LogP contribution in [0.3, 0.4) is 0 Å². The molecule has 0 unspecified atom stereocenters. The van der Waals surface area contributed by atoms with E-state index < -0.39 is 11.6 Å². The summed E-state index contributed by atoms with van der Waals surface area (Å²) in [5, 5.41) is 12.2. The van der Waals surface area contributed by atoms with Gasteiger partial charge in [-0.25, -0.2) is 9.78 Å². The third-order valence-corrected chi connectivity index (χ3v) is 8.14. The number of likely N-dealkylation sites (N-methyl/N-ethyl adjacent to an activating group) is 1. The van der Waals surface area contributed by atoms with Crippen LogP contribution in [0.1, 0.15) is 30.0 Å². The predicted molar refractivity (Wildman–Crippen MR) is 135 cm³/mol. The monoisotopic (exact) mass is 504 g/mol. The SMILES string of the molecule is CC[C@@]1(O)C(=O)OCc2c1cc1n(c2=O)Cc2c-1nc1cc3c(cc1c2N1CCN(C)CC1)OCCO3. The minimum Gasteiger partial charge on any atom is -0.486 e. The number of benzene rings is 1. The van der Waals surface area contributed by atoms with Crippen LogP contribution in [-0.2, 0) is 28.3 Å². The Hall–Kier alpha value is -3.63. The van der Waals surface area contributed by atoms with Gasteiger partial charge in [0.15, 0.2) is 17.1 Å². The Balaban J connectivity index is 1.49. The fourth-order valence-corrected chi connectivity index (χ4v) is 5.99. The number of ether oxygens (including phenoxy) is 3. The normalized spacial score (nSPS) is 22.5. The lowest BCUT2D eigenvalue weighted by molar-refractivity contribution is -0.172. The molecular weight excluding hydrogens is 476 g/mol. The summed E-state index contributed by atoms with van der Waals surface area (Å²) in [5.74, 6) is 0.626. The van der Waals surface area contributed by atoms with Gasteiger partial charge in [-0.15, -0.1) is 0 Å². The molecule has 0 radical (unpaired) electrons. The zero-order valence-electron chi connectivity index (χ0n) is 20.9. The van der Waals surface area contributed by atoms with E-state index in [1.165, 1.54) is 0 Å². The molecule has 10 nitrogen and oxygen atoms in total. The van der Waals surface area contributed by atoms with Crippen LogP contribution < -0.4 is 19.9 Å². The van der Waals surface area contributed by atoms with Gasteiger partial charge in [0.25, 0.3) is 5.56 Å². The number of pyridine rings is 2. The molecule has 0 amide bonds. The third kappa shape index (κ3) is 3.15. The number of rotatable bonds is 2. The minimum atomic E-state index is -1.85. The van der Waals surface area contributed by atoms with Crippen molar-refractivity contribution in [3.05, 3.63) is 45.2 Å². The van der Waals surface area contributed by atoms with Crippen LogP contribution in [0, 0.1) is 0 Å². The van der Waals surface area contributed by atoms with Gasteiger partial charge >= 0.3 is 5.97 Å². The quantitative estimate of drug-likeness (QED) is 0.408. The summed E-state index contributed by atoms with van der Waals surface area (Å²) in [6.07, 6.45) is 0.107. The molecule has 6 heterocycles. The van der Waals surface area contributed by atoms with Crippen molar-refractivity contribution < 1.29 is 24.1 Å². The number of fused-ring (bicyclic) bond motifs is 6. The van der Waals surface area contributed by atoms with E-state index in [0.29, 0.717) is 53.8 Å². The number of aromatic nitrogens is 2. The molecule has 7 rings (SSSR count). The molecule has 1 fully saturated rings. The molecule has 1 saturated heterocycles. The summed E-state index contributed by atoms with van der Waals surface area (Å²) < 4.78 is 18.6. The molecular formula is C27H28N4O6. The van der Waals surface area contributed by atoms with Gasteiger partial charge in [-0.05, 0) is 25.6 Å². The van der Waals surface area contributed by atoms with E-state index >= 15 is 0 Å². The zero-order valence-corrected chi connectivity index (χ0v) is 20.9. The van der Waals surface area contributed by atoms with Gasteiger partial charge in [0.1, 0.15) is 19.8 Å². The van der Waals surface area contributed by atoms with Crippen molar-refractivity contribution in [2.45, 2.75) is 32.1 Å². The molecule has 0 saturated carbocycles. The van der Waals surface area contributed by atoms with Crippen LogP contribution in [0.2, 0.25) is 0 Å². The number of carbonyl (C=O) groups is 1. The Morgan fingerprint density at radius 3 is 2.46 bits per heavy atom. The highest BCUT2D eigenvalue weighted by Gasteiger charge is 2.45. The average Bonchev–Trinajstić information content (AvgIpc) is 3.27. The summed E-state index contributed by atoms with van der Waals surface area (Å²) in [6, 6.07) is 5.67. The van der Waals surface area contributed by atoms with Crippen molar-refractivity contribution in [3.63, 3.8) is 0 Å². The van der Waals surface area contributed by atoms with Crippen molar-refractivity contribution in [1.29, 1.82) is 0 Å². The summed E-state index contributed by atoms with van der Waals surface area (Å²) in [7, 11) is 2.12. The van der Waals surface area contributed by atoms with E-state index in [-0.39, 0.29) is 18.6 Å². The fourth-order valence-electron chi connectivity index (χ4n) is 5.99. The second kappa shape index (κ2) is 7.93. The second-order valence-corrected chi connectivity index (χ2v) is 10.2. The maximum atomic E-state index is 13.7. The summed E-state index contributed by atoms with van der Waals surface area (Å²) >= 11 is 0. The second-order valence-electron chi connectivity index (χ2n) is 10.2. The number of hydrogen-bond acceptors (Lipinski definition) is 9. The van der Waals surface area contributed by atoms with Gasteiger partial charge in [-0.1, -0.05) is 6.92 Å². The number of nitrogens with zero attached hydrogens (tertiary/aromatic N) is 4. The number of hydrogen-bond donors (Lipinski definition) is 1. The molecule has 10 heteroatoms. The number of carbonyl (C=O) groups excluding carboxylic acids is 1. The third-order valence-electron chi connectivity index (χ3n) is 8.14. The minimum absolute atomic E-state index is 0.107. The number of piperazine rings is 1. The highest BCUT2D eigenvalue weighted by molar-refractivity contribution is 5.99. The number of cyclic esters (lactones) is 1. The van der Waals surface area contributed by atoms with E-state index in [2.05, 4.69) is 16.8 Å². The zero-order chi connectivity index (χ0) is 25.5. The molecule has 2 aromatic heterocycles. The van der Waals surface area contributed by atoms with Gasteiger partial charge in [-0.2, -0.15) is 0 Å². The molecule has 0 aliphatic carbocycles. The predicted octanol–water partition coefficient (Wildman–Crippen LogP) is 1.60. The van der Waals surface area contributed by atoms with Crippen molar-refractivity contribution in [2.24, 2.45) is 0 Å². The topological polar surface area (TPSA) is 106 Å². The fraction of sp³-hybridized carbons (Fsp3) is 0.444. The van der Waals surface area contributed by atoms with E-state index in [1.54, 1.807) is 17.6 Å². The first kappa shape index (κ1) is 22.6. The molecule has 0 bridgehead atoms. The van der Waals surface area contributed by atoms with Crippen LogP contribution >= 0.6 is 0 Å². The smallest absolute Gasteiger partial charge is 0.343 e. The molecule has 192 valence electrons. The highest BCUT2D eigenvalue weighted by atomic mass is 16.6. The first-order chi connectivity index (χ1) is 17.9. The van der Waals surface area contributed by atoms with Gasteiger partial charge in [0, 0.05) is 48.8 Å². The molecule has 4 aliphatic rings. The van der Waals surface area contributed by atoms with Gasteiger partial charge in [0.2, 0.25) is 0 Å². The van der Waals surface area contributed by atoms with Crippen LogP contribution in [0.25, 0.3) is 22.3 Å². The standard InChI is InChI=1S/C27H28N4O6/c1-3-27(34)18-11-20-23-16(13-31(20)25(32)17(18)14-37-26(27)33)24(30-6-4-29(2)5-7-30)15-10-21-22(12-19(15)28-23)36-9-8-35-21/h10-12,34H,3-9,13-14H2,1-2H3/t27-/m0/s1. The first-order valence-electron chi connectivity index (χ1n) is 12.8. The highest BCUT2D eigenvalue weighted by Crippen LogP contribution is 2.45. The maximum absolute atomic E-state index is 13.7. The lowest BCUT2D eigenvalue weighted by Gasteiger charge is -2.36. The maximum Gasteiger partial charge on any atom is 0.343 e. The molecule has 1 atom stereocenters. The lowest BCUT2D eigenvalue weighted by Crippen LogP contribution is -2.45. The summed E-state index contributed by atoms with van der Waals surface area (Å²) in [5.41, 5.74) is 2.58.